The van der Waals surface area contributed by atoms with Gasteiger partial charge in [-0.25, -0.2) is 0 Å². The fourth-order valence-corrected chi connectivity index (χ4v) is 2.81. The molecule has 1 saturated carbocycles. The summed E-state index contributed by atoms with van der Waals surface area (Å²) in [6.45, 7) is 0. The van der Waals surface area contributed by atoms with Crippen LogP contribution in [0.25, 0.3) is 0 Å². The van der Waals surface area contributed by atoms with Crippen LogP contribution in [-0.4, -0.2) is 21.0 Å². The molecule has 0 aromatic carbocycles. The van der Waals surface area contributed by atoms with E-state index in [-0.39, 0.29) is 6.04 Å². The van der Waals surface area contributed by atoms with Gasteiger partial charge in [-0.05, 0) is 18.8 Å². The van der Waals surface area contributed by atoms with Gasteiger partial charge in [0.05, 0.1) is 5.69 Å². The van der Waals surface area contributed by atoms with E-state index < -0.39 is 0 Å². The lowest BCUT2D eigenvalue weighted by molar-refractivity contribution is 0.321. The molecule has 1 unspecified atom stereocenters. The molecule has 0 radical (unpaired) electrons. The molecular formula is C13H24N4. The standard InChI is InChI=1S/C13H24N4/c1-17-10-12(15-16-17)9-13(14)11-7-5-3-2-4-6-8-11/h10-11,13H,2-9,14H2,1H3. The minimum Gasteiger partial charge on any atom is -0.327 e. The molecule has 1 aliphatic rings. The van der Waals surface area contributed by atoms with Crippen LogP contribution < -0.4 is 5.73 Å². The van der Waals surface area contributed by atoms with Crippen LogP contribution in [0.3, 0.4) is 0 Å². The topological polar surface area (TPSA) is 56.7 Å². The van der Waals surface area contributed by atoms with Crippen molar-refractivity contribution in [2.75, 3.05) is 0 Å². The predicted octanol–water partition coefficient (Wildman–Crippen LogP) is 2.05. The maximum absolute atomic E-state index is 6.33. The van der Waals surface area contributed by atoms with Crippen LogP contribution in [0.2, 0.25) is 0 Å². The Morgan fingerprint density at radius 3 is 2.53 bits per heavy atom. The summed E-state index contributed by atoms with van der Waals surface area (Å²) in [6.07, 6.45) is 12.3. The van der Waals surface area contributed by atoms with Crippen molar-refractivity contribution in [3.63, 3.8) is 0 Å². The van der Waals surface area contributed by atoms with Gasteiger partial charge in [0.15, 0.2) is 0 Å². The molecule has 1 aromatic rings. The number of hydrogen-bond acceptors (Lipinski definition) is 3. The molecule has 1 fully saturated rings. The van der Waals surface area contributed by atoms with Crippen molar-refractivity contribution in [1.29, 1.82) is 0 Å². The first kappa shape index (κ1) is 12.6. The smallest absolute Gasteiger partial charge is 0.0842 e. The third-order valence-corrected chi connectivity index (χ3v) is 3.85. The van der Waals surface area contributed by atoms with Crippen LogP contribution in [0.5, 0.6) is 0 Å². The first-order chi connectivity index (χ1) is 8.25. The molecule has 96 valence electrons. The first-order valence-electron chi connectivity index (χ1n) is 6.86. The number of aromatic nitrogens is 3. The lowest BCUT2D eigenvalue weighted by Gasteiger charge is -2.25. The highest BCUT2D eigenvalue weighted by molar-refractivity contribution is 4.96. The molecule has 0 bridgehead atoms. The van der Waals surface area contributed by atoms with Crippen molar-refractivity contribution >= 4 is 0 Å². The quantitative estimate of drug-likeness (QED) is 0.873. The molecule has 0 spiro atoms. The Bertz CT molecular complexity index is 326. The van der Waals surface area contributed by atoms with Crippen LogP contribution >= 0.6 is 0 Å². The molecule has 0 amide bonds. The molecule has 1 aliphatic carbocycles. The molecule has 17 heavy (non-hydrogen) atoms. The highest BCUT2D eigenvalue weighted by Gasteiger charge is 2.19. The number of nitrogens with two attached hydrogens (primary N) is 1. The van der Waals surface area contributed by atoms with Gasteiger partial charge in [-0.1, -0.05) is 37.3 Å². The van der Waals surface area contributed by atoms with E-state index in [0.717, 1.165) is 12.1 Å². The third-order valence-electron chi connectivity index (χ3n) is 3.85. The Morgan fingerprint density at radius 2 is 1.94 bits per heavy atom. The zero-order chi connectivity index (χ0) is 12.1. The minimum absolute atomic E-state index is 0.254. The Hall–Kier alpha value is -0.900. The monoisotopic (exact) mass is 236 g/mol. The van der Waals surface area contributed by atoms with Gasteiger partial charge in [0.25, 0.3) is 0 Å². The lowest BCUT2D eigenvalue weighted by Crippen LogP contribution is -2.33. The van der Waals surface area contributed by atoms with Gasteiger partial charge in [0.2, 0.25) is 0 Å². The van der Waals surface area contributed by atoms with Gasteiger partial charge in [-0.3, -0.25) is 4.68 Å². The Labute approximate surface area is 104 Å². The highest BCUT2D eigenvalue weighted by Crippen LogP contribution is 2.25. The Kier molecular flexibility index (Phi) is 4.54. The van der Waals surface area contributed by atoms with Crippen molar-refractivity contribution in [3.05, 3.63) is 11.9 Å². The minimum atomic E-state index is 0.254. The Morgan fingerprint density at radius 1 is 1.29 bits per heavy atom. The molecule has 4 nitrogen and oxygen atoms in total. The molecular weight excluding hydrogens is 212 g/mol. The molecule has 0 aliphatic heterocycles. The molecule has 4 heteroatoms. The van der Waals surface area contributed by atoms with E-state index in [4.69, 9.17) is 5.73 Å². The first-order valence-corrected chi connectivity index (χ1v) is 6.86. The summed E-state index contributed by atoms with van der Waals surface area (Å²) < 4.78 is 1.75. The summed E-state index contributed by atoms with van der Waals surface area (Å²) >= 11 is 0. The second-order valence-corrected chi connectivity index (χ2v) is 5.36. The number of hydrogen-bond donors (Lipinski definition) is 1. The van der Waals surface area contributed by atoms with E-state index >= 15 is 0 Å². The summed E-state index contributed by atoms with van der Waals surface area (Å²) in [5.74, 6) is 0.678. The van der Waals surface area contributed by atoms with Crippen LogP contribution in [0.15, 0.2) is 6.20 Å². The van der Waals surface area contributed by atoms with Crippen molar-refractivity contribution in [2.45, 2.75) is 57.4 Å². The number of rotatable bonds is 3. The van der Waals surface area contributed by atoms with E-state index in [1.807, 2.05) is 13.2 Å². The van der Waals surface area contributed by atoms with Gasteiger partial charge in [-0.2, -0.15) is 0 Å². The maximum Gasteiger partial charge on any atom is 0.0842 e. The van der Waals surface area contributed by atoms with Crippen LogP contribution in [0.4, 0.5) is 0 Å². The molecule has 2 rings (SSSR count). The third kappa shape index (κ3) is 3.80. The molecule has 1 atom stereocenters. The fourth-order valence-electron chi connectivity index (χ4n) is 2.81. The maximum atomic E-state index is 6.33. The average molecular weight is 236 g/mol. The predicted molar refractivity (Wildman–Crippen MR) is 68.5 cm³/mol. The average Bonchev–Trinajstić information content (AvgIpc) is 2.63. The molecule has 0 saturated heterocycles. The summed E-state index contributed by atoms with van der Waals surface area (Å²) in [6, 6.07) is 0.254. The number of nitrogens with zero attached hydrogens (tertiary/aromatic N) is 3. The van der Waals surface area contributed by atoms with Crippen molar-refractivity contribution in [3.8, 4) is 0 Å². The summed E-state index contributed by atoms with van der Waals surface area (Å²) in [5, 5.41) is 8.08. The summed E-state index contributed by atoms with van der Waals surface area (Å²) in [4.78, 5) is 0. The largest absolute Gasteiger partial charge is 0.327 e. The zero-order valence-corrected chi connectivity index (χ0v) is 10.8. The fraction of sp³-hybridized carbons (Fsp3) is 0.846. The van der Waals surface area contributed by atoms with Gasteiger partial charge in [0, 0.05) is 25.7 Å². The summed E-state index contributed by atoms with van der Waals surface area (Å²) in [5.41, 5.74) is 7.36. The van der Waals surface area contributed by atoms with E-state index in [9.17, 15) is 0 Å². The van der Waals surface area contributed by atoms with Crippen LogP contribution in [0, 0.1) is 5.92 Å². The van der Waals surface area contributed by atoms with Crippen molar-refractivity contribution in [2.24, 2.45) is 18.7 Å². The van der Waals surface area contributed by atoms with Crippen LogP contribution in [-0.2, 0) is 13.5 Å². The zero-order valence-electron chi connectivity index (χ0n) is 10.8. The van der Waals surface area contributed by atoms with E-state index in [1.165, 1.54) is 44.9 Å². The van der Waals surface area contributed by atoms with Crippen molar-refractivity contribution < 1.29 is 0 Å². The van der Waals surface area contributed by atoms with Gasteiger partial charge in [0.1, 0.15) is 0 Å². The van der Waals surface area contributed by atoms with Gasteiger partial charge < -0.3 is 5.73 Å². The van der Waals surface area contributed by atoms with E-state index in [1.54, 1.807) is 4.68 Å². The second-order valence-electron chi connectivity index (χ2n) is 5.36. The Balaban J connectivity index is 1.86. The van der Waals surface area contributed by atoms with Gasteiger partial charge >= 0.3 is 0 Å². The van der Waals surface area contributed by atoms with E-state index in [0.29, 0.717) is 5.92 Å². The lowest BCUT2D eigenvalue weighted by atomic mass is 9.84. The van der Waals surface area contributed by atoms with Gasteiger partial charge in [-0.15, -0.1) is 5.10 Å². The van der Waals surface area contributed by atoms with Crippen molar-refractivity contribution in [1.82, 2.24) is 15.0 Å². The molecule has 2 N–H and O–H groups in total. The van der Waals surface area contributed by atoms with Crippen LogP contribution in [0.1, 0.15) is 50.6 Å². The molecule has 1 heterocycles. The normalized spacial score (nSPS) is 20.8. The summed E-state index contributed by atoms with van der Waals surface area (Å²) in [7, 11) is 1.90. The highest BCUT2D eigenvalue weighted by atomic mass is 15.4. The molecule has 1 aromatic heterocycles. The number of aryl methyl sites for hydroxylation is 1. The van der Waals surface area contributed by atoms with E-state index in [2.05, 4.69) is 10.3 Å². The SMILES string of the molecule is Cn1cc(CC(N)C2CCCCCCC2)nn1. The second kappa shape index (κ2) is 6.15.